The number of nitrogens with one attached hydrogen (secondary N) is 1. The van der Waals surface area contributed by atoms with Gasteiger partial charge in [0.25, 0.3) is 0 Å². The molecule has 0 unspecified atom stereocenters. The van der Waals surface area contributed by atoms with Crippen molar-refractivity contribution in [1.82, 2.24) is 15.3 Å². The van der Waals surface area contributed by atoms with Gasteiger partial charge in [0, 0.05) is 24.0 Å². The summed E-state index contributed by atoms with van der Waals surface area (Å²) in [5.41, 5.74) is 0.625. The van der Waals surface area contributed by atoms with E-state index in [4.69, 9.17) is 0 Å². The molecule has 78 valence electrons. The van der Waals surface area contributed by atoms with Crippen LogP contribution in [0.4, 0.5) is 13.2 Å². The molecule has 3 nitrogen and oxygen atoms in total. The third kappa shape index (κ3) is 2.41. The van der Waals surface area contributed by atoms with Gasteiger partial charge in [0.15, 0.2) is 0 Å². The van der Waals surface area contributed by atoms with Gasteiger partial charge in [-0.1, -0.05) is 0 Å². The van der Waals surface area contributed by atoms with E-state index >= 15 is 0 Å². The maximum Gasteiger partial charge on any atom is 0.451 e. The van der Waals surface area contributed by atoms with Gasteiger partial charge in [-0.05, 0) is 14.0 Å². The Hall–Kier alpha value is -1.17. The Kier molecular flexibility index (Phi) is 3.05. The monoisotopic (exact) mass is 205 g/mol. The zero-order valence-corrected chi connectivity index (χ0v) is 7.76. The fraction of sp³-hybridized carbons (Fsp3) is 0.500. The third-order valence-electron chi connectivity index (χ3n) is 1.86. The summed E-state index contributed by atoms with van der Waals surface area (Å²) in [4.78, 5) is 6.49. The number of hydrogen-bond acceptors (Lipinski definition) is 3. The molecule has 0 fully saturated rings. The molecule has 1 aromatic rings. The second kappa shape index (κ2) is 3.91. The topological polar surface area (TPSA) is 37.8 Å². The van der Waals surface area contributed by atoms with E-state index in [1.165, 1.54) is 12.4 Å². The van der Waals surface area contributed by atoms with Gasteiger partial charge in [-0.25, -0.2) is 9.97 Å². The summed E-state index contributed by atoms with van der Waals surface area (Å²) in [6.07, 6.45) is -2.12. The van der Waals surface area contributed by atoms with Crippen LogP contribution in [0.5, 0.6) is 0 Å². The molecule has 0 aliphatic heterocycles. The van der Waals surface area contributed by atoms with Crippen molar-refractivity contribution in [3.63, 3.8) is 0 Å². The summed E-state index contributed by atoms with van der Waals surface area (Å²) in [5.74, 6) is -1.11. The Balaban J connectivity index is 2.89. The molecule has 1 atom stereocenters. The summed E-state index contributed by atoms with van der Waals surface area (Å²) in [6, 6.07) is -0.0581. The van der Waals surface area contributed by atoms with E-state index in [9.17, 15) is 13.2 Å². The zero-order valence-electron chi connectivity index (χ0n) is 7.76. The first-order chi connectivity index (χ1) is 6.45. The van der Waals surface area contributed by atoms with Crippen LogP contribution in [-0.4, -0.2) is 17.0 Å². The number of hydrogen-bond donors (Lipinski definition) is 1. The Morgan fingerprint density at radius 1 is 1.29 bits per heavy atom. The highest BCUT2D eigenvalue weighted by Gasteiger charge is 2.34. The van der Waals surface area contributed by atoms with Crippen LogP contribution in [0.15, 0.2) is 12.4 Å². The molecule has 0 spiro atoms. The predicted molar refractivity (Wildman–Crippen MR) is 44.5 cm³/mol. The molecule has 0 aliphatic rings. The van der Waals surface area contributed by atoms with Gasteiger partial charge in [0.05, 0.1) is 0 Å². The molecular weight excluding hydrogens is 195 g/mol. The molecule has 1 N–H and O–H groups in total. The number of nitrogens with zero attached hydrogens (tertiary/aromatic N) is 2. The zero-order chi connectivity index (χ0) is 10.8. The minimum absolute atomic E-state index is 0.0581. The van der Waals surface area contributed by atoms with E-state index in [0.717, 1.165) is 0 Å². The second-order valence-electron chi connectivity index (χ2n) is 2.85. The van der Waals surface area contributed by atoms with E-state index in [1.54, 1.807) is 7.05 Å². The van der Waals surface area contributed by atoms with Crippen molar-refractivity contribution in [1.29, 1.82) is 0 Å². The Morgan fingerprint density at radius 2 is 1.79 bits per heavy atom. The molecule has 0 saturated heterocycles. The van der Waals surface area contributed by atoms with Gasteiger partial charge < -0.3 is 5.32 Å². The van der Waals surface area contributed by atoms with Crippen LogP contribution in [0, 0.1) is 0 Å². The SMILES string of the molecule is CN[C@H](C)c1cnc(C(F)(F)F)nc1. The first kappa shape index (κ1) is 10.9. The first-order valence-corrected chi connectivity index (χ1v) is 4.01. The molecule has 1 rings (SSSR count). The average Bonchev–Trinajstić information content (AvgIpc) is 2.15. The maximum atomic E-state index is 12.1. The van der Waals surface area contributed by atoms with Crippen LogP contribution in [0.25, 0.3) is 0 Å². The van der Waals surface area contributed by atoms with Crippen LogP contribution in [0.1, 0.15) is 24.4 Å². The molecule has 0 amide bonds. The van der Waals surface area contributed by atoms with E-state index in [-0.39, 0.29) is 6.04 Å². The number of aromatic nitrogens is 2. The lowest BCUT2D eigenvalue weighted by Gasteiger charge is -2.10. The molecule has 14 heavy (non-hydrogen) atoms. The van der Waals surface area contributed by atoms with Crippen molar-refractivity contribution in [3.8, 4) is 0 Å². The number of alkyl halides is 3. The highest BCUT2D eigenvalue weighted by Crippen LogP contribution is 2.25. The highest BCUT2D eigenvalue weighted by atomic mass is 19.4. The number of halogens is 3. The van der Waals surface area contributed by atoms with E-state index in [1.807, 2.05) is 6.92 Å². The molecule has 0 saturated carbocycles. The van der Waals surface area contributed by atoms with E-state index < -0.39 is 12.0 Å². The maximum absolute atomic E-state index is 12.1. The molecule has 0 radical (unpaired) electrons. The van der Waals surface area contributed by atoms with Crippen molar-refractivity contribution in [2.75, 3.05) is 7.05 Å². The van der Waals surface area contributed by atoms with Gasteiger partial charge in [0.1, 0.15) is 0 Å². The Morgan fingerprint density at radius 3 is 2.14 bits per heavy atom. The van der Waals surface area contributed by atoms with Gasteiger partial charge >= 0.3 is 6.18 Å². The molecule has 0 bridgehead atoms. The van der Waals surface area contributed by atoms with Gasteiger partial charge in [-0.15, -0.1) is 0 Å². The molecule has 0 aliphatic carbocycles. The van der Waals surface area contributed by atoms with Gasteiger partial charge in [-0.3, -0.25) is 0 Å². The molecule has 1 aromatic heterocycles. The smallest absolute Gasteiger partial charge is 0.313 e. The first-order valence-electron chi connectivity index (χ1n) is 4.01. The standard InChI is InChI=1S/C8H10F3N3/c1-5(12-2)6-3-13-7(14-4-6)8(9,10)11/h3-5,12H,1-2H3/t5-/m1/s1. The fourth-order valence-electron chi connectivity index (χ4n) is 0.875. The van der Waals surface area contributed by atoms with Gasteiger partial charge in [-0.2, -0.15) is 13.2 Å². The fourth-order valence-corrected chi connectivity index (χ4v) is 0.875. The van der Waals surface area contributed by atoms with Crippen molar-refractivity contribution >= 4 is 0 Å². The van der Waals surface area contributed by atoms with Crippen molar-refractivity contribution in [2.24, 2.45) is 0 Å². The molecular formula is C8H10F3N3. The minimum Gasteiger partial charge on any atom is -0.313 e. The quantitative estimate of drug-likeness (QED) is 0.799. The summed E-state index contributed by atoms with van der Waals surface area (Å²) in [6.45, 7) is 1.81. The molecule has 0 aromatic carbocycles. The molecule has 6 heteroatoms. The van der Waals surface area contributed by atoms with Crippen LogP contribution in [-0.2, 0) is 6.18 Å². The predicted octanol–water partition coefficient (Wildman–Crippen LogP) is 1.78. The Bertz CT molecular complexity index is 294. The lowest BCUT2D eigenvalue weighted by Crippen LogP contribution is -2.15. The van der Waals surface area contributed by atoms with Gasteiger partial charge in [0.2, 0.25) is 5.82 Å². The highest BCUT2D eigenvalue weighted by molar-refractivity contribution is 5.10. The molecule has 1 heterocycles. The van der Waals surface area contributed by atoms with Crippen molar-refractivity contribution in [3.05, 3.63) is 23.8 Å². The van der Waals surface area contributed by atoms with Crippen LogP contribution >= 0.6 is 0 Å². The van der Waals surface area contributed by atoms with Crippen LogP contribution in [0.2, 0.25) is 0 Å². The largest absolute Gasteiger partial charge is 0.451 e. The minimum atomic E-state index is -4.47. The summed E-state index contributed by atoms with van der Waals surface area (Å²) in [5, 5.41) is 2.88. The van der Waals surface area contributed by atoms with Crippen LogP contribution < -0.4 is 5.32 Å². The Labute approximate surface area is 79.4 Å². The normalized spacial score (nSPS) is 14.1. The van der Waals surface area contributed by atoms with E-state index in [2.05, 4.69) is 15.3 Å². The lowest BCUT2D eigenvalue weighted by atomic mass is 10.2. The average molecular weight is 205 g/mol. The van der Waals surface area contributed by atoms with Crippen LogP contribution in [0.3, 0.4) is 0 Å². The number of rotatable bonds is 2. The summed E-state index contributed by atoms with van der Waals surface area (Å²) < 4.78 is 36.2. The third-order valence-corrected chi connectivity index (χ3v) is 1.86. The van der Waals surface area contributed by atoms with Crippen molar-refractivity contribution in [2.45, 2.75) is 19.1 Å². The lowest BCUT2D eigenvalue weighted by molar-refractivity contribution is -0.145. The summed E-state index contributed by atoms with van der Waals surface area (Å²) >= 11 is 0. The van der Waals surface area contributed by atoms with E-state index in [0.29, 0.717) is 5.56 Å². The summed E-state index contributed by atoms with van der Waals surface area (Å²) in [7, 11) is 1.71. The van der Waals surface area contributed by atoms with Crippen molar-refractivity contribution < 1.29 is 13.2 Å². The second-order valence-corrected chi connectivity index (χ2v) is 2.85.